The average molecular weight is 338 g/mol. The SMILES string of the molecule is Ic1nnc(-c2cccc3ccccc23)s1. The van der Waals surface area contributed by atoms with E-state index >= 15 is 0 Å². The van der Waals surface area contributed by atoms with Crippen LogP contribution in [0.3, 0.4) is 0 Å². The fourth-order valence-corrected chi connectivity index (χ4v) is 3.07. The van der Waals surface area contributed by atoms with E-state index in [9.17, 15) is 0 Å². The number of nitrogens with zero attached hydrogens (tertiary/aromatic N) is 2. The Hall–Kier alpha value is -1.01. The van der Waals surface area contributed by atoms with Gasteiger partial charge in [0.15, 0.2) is 3.01 Å². The third-order valence-electron chi connectivity index (χ3n) is 2.42. The Morgan fingerprint density at radius 3 is 2.56 bits per heavy atom. The van der Waals surface area contributed by atoms with Gasteiger partial charge in [-0.05, 0) is 33.4 Å². The smallest absolute Gasteiger partial charge is 0.137 e. The molecule has 0 radical (unpaired) electrons. The van der Waals surface area contributed by atoms with Gasteiger partial charge in [0, 0.05) is 5.56 Å². The van der Waals surface area contributed by atoms with Crippen molar-refractivity contribution in [2.45, 2.75) is 0 Å². The molecule has 0 aliphatic carbocycles. The van der Waals surface area contributed by atoms with Crippen molar-refractivity contribution in [3.8, 4) is 10.6 Å². The molecule has 0 atom stereocenters. The molecule has 0 saturated carbocycles. The van der Waals surface area contributed by atoms with Gasteiger partial charge < -0.3 is 0 Å². The summed E-state index contributed by atoms with van der Waals surface area (Å²) in [5.74, 6) is 0. The van der Waals surface area contributed by atoms with Crippen LogP contribution in [0.2, 0.25) is 0 Å². The van der Waals surface area contributed by atoms with Gasteiger partial charge in [0.1, 0.15) is 5.01 Å². The van der Waals surface area contributed by atoms with E-state index in [2.05, 4.69) is 75.3 Å². The lowest BCUT2D eigenvalue weighted by molar-refractivity contribution is 1.07. The van der Waals surface area contributed by atoms with E-state index in [1.54, 1.807) is 11.3 Å². The maximum Gasteiger partial charge on any atom is 0.178 e. The number of fused-ring (bicyclic) bond motifs is 1. The zero-order valence-corrected chi connectivity index (χ0v) is 11.2. The van der Waals surface area contributed by atoms with E-state index in [0.717, 1.165) is 8.02 Å². The number of hydrogen-bond donors (Lipinski definition) is 0. The van der Waals surface area contributed by atoms with Gasteiger partial charge in [-0.15, -0.1) is 10.2 Å². The molecule has 0 unspecified atom stereocenters. The van der Waals surface area contributed by atoms with E-state index < -0.39 is 0 Å². The van der Waals surface area contributed by atoms with Crippen LogP contribution in [-0.2, 0) is 0 Å². The summed E-state index contributed by atoms with van der Waals surface area (Å²) in [6.45, 7) is 0. The largest absolute Gasteiger partial charge is 0.178 e. The molecule has 0 saturated heterocycles. The second-order valence-corrected chi connectivity index (χ2v) is 6.12. The minimum atomic E-state index is 0.973. The van der Waals surface area contributed by atoms with E-state index in [1.165, 1.54) is 16.3 Å². The molecule has 3 aromatic rings. The number of aromatic nitrogens is 2. The summed E-state index contributed by atoms with van der Waals surface area (Å²) >= 11 is 3.82. The average Bonchev–Trinajstić information content (AvgIpc) is 2.75. The molecule has 0 aliphatic rings. The molecule has 0 N–H and O–H groups in total. The molecular formula is C12H7IN2S. The Bertz CT molecular complexity index is 643. The van der Waals surface area contributed by atoms with E-state index in [-0.39, 0.29) is 0 Å². The maximum atomic E-state index is 4.20. The molecule has 0 amide bonds. The summed E-state index contributed by atoms with van der Waals surface area (Å²) < 4.78 is 0.973. The van der Waals surface area contributed by atoms with Gasteiger partial charge in [-0.3, -0.25) is 0 Å². The van der Waals surface area contributed by atoms with Crippen molar-refractivity contribution in [3.63, 3.8) is 0 Å². The van der Waals surface area contributed by atoms with Crippen LogP contribution in [0.4, 0.5) is 0 Å². The number of rotatable bonds is 1. The number of benzene rings is 2. The lowest BCUT2D eigenvalue weighted by Crippen LogP contribution is -1.80. The summed E-state index contributed by atoms with van der Waals surface area (Å²) in [5, 5.41) is 11.7. The van der Waals surface area contributed by atoms with Gasteiger partial charge in [0.25, 0.3) is 0 Å². The molecule has 2 nitrogen and oxygen atoms in total. The highest BCUT2D eigenvalue weighted by Crippen LogP contribution is 2.30. The van der Waals surface area contributed by atoms with E-state index in [1.807, 2.05) is 0 Å². The highest BCUT2D eigenvalue weighted by atomic mass is 127. The Kier molecular flexibility index (Phi) is 2.61. The Labute approximate surface area is 110 Å². The van der Waals surface area contributed by atoms with Crippen molar-refractivity contribution in [1.82, 2.24) is 10.2 Å². The standard InChI is InChI=1S/C12H7IN2S/c13-12-15-14-11(16-12)10-7-3-5-8-4-1-2-6-9(8)10/h1-7H. The molecule has 2 aromatic carbocycles. The Morgan fingerprint density at radius 1 is 0.938 bits per heavy atom. The first-order valence-electron chi connectivity index (χ1n) is 4.82. The molecule has 0 fully saturated rings. The number of hydrogen-bond acceptors (Lipinski definition) is 3. The third kappa shape index (κ3) is 1.72. The molecule has 1 heterocycles. The first-order chi connectivity index (χ1) is 7.84. The molecule has 0 bridgehead atoms. The molecule has 0 aliphatic heterocycles. The summed E-state index contributed by atoms with van der Waals surface area (Å²) in [5.41, 5.74) is 1.17. The lowest BCUT2D eigenvalue weighted by Gasteiger charge is -2.01. The first-order valence-corrected chi connectivity index (χ1v) is 6.71. The Balaban J connectivity index is 2.31. The van der Waals surface area contributed by atoms with Crippen LogP contribution < -0.4 is 0 Å². The molecule has 1 aromatic heterocycles. The van der Waals surface area contributed by atoms with Crippen LogP contribution in [-0.4, -0.2) is 10.2 Å². The summed E-state index contributed by atoms with van der Waals surface area (Å²) in [6, 6.07) is 14.6. The van der Waals surface area contributed by atoms with Crippen LogP contribution in [0.5, 0.6) is 0 Å². The second-order valence-electron chi connectivity index (χ2n) is 3.39. The fraction of sp³-hybridized carbons (Fsp3) is 0. The van der Waals surface area contributed by atoms with Gasteiger partial charge >= 0.3 is 0 Å². The van der Waals surface area contributed by atoms with Crippen molar-refractivity contribution in [2.75, 3.05) is 0 Å². The van der Waals surface area contributed by atoms with Crippen molar-refractivity contribution in [1.29, 1.82) is 0 Å². The van der Waals surface area contributed by atoms with Crippen LogP contribution in [0.25, 0.3) is 21.3 Å². The van der Waals surface area contributed by atoms with Gasteiger partial charge in [-0.25, -0.2) is 0 Å². The maximum absolute atomic E-state index is 4.20. The molecular weight excluding hydrogens is 331 g/mol. The van der Waals surface area contributed by atoms with Crippen LogP contribution in [0.1, 0.15) is 0 Å². The molecule has 16 heavy (non-hydrogen) atoms. The van der Waals surface area contributed by atoms with Crippen LogP contribution >= 0.6 is 33.9 Å². The van der Waals surface area contributed by atoms with Crippen molar-refractivity contribution >= 4 is 44.7 Å². The minimum Gasteiger partial charge on any atom is -0.137 e. The van der Waals surface area contributed by atoms with Crippen molar-refractivity contribution in [3.05, 3.63) is 45.5 Å². The van der Waals surface area contributed by atoms with Crippen molar-refractivity contribution < 1.29 is 0 Å². The van der Waals surface area contributed by atoms with Gasteiger partial charge in [0.05, 0.1) is 0 Å². The molecule has 4 heteroatoms. The minimum absolute atomic E-state index is 0.973. The quantitative estimate of drug-likeness (QED) is 0.628. The normalized spacial score (nSPS) is 10.8. The van der Waals surface area contributed by atoms with Gasteiger partial charge in [0.2, 0.25) is 0 Å². The fourth-order valence-electron chi connectivity index (χ4n) is 1.73. The van der Waals surface area contributed by atoms with Gasteiger partial charge in [-0.2, -0.15) is 0 Å². The Morgan fingerprint density at radius 2 is 1.75 bits per heavy atom. The highest BCUT2D eigenvalue weighted by Gasteiger charge is 2.07. The predicted octanol–water partition coefficient (Wildman–Crippen LogP) is 3.96. The van der Waals surface area contributed by atoms with E-state index in [0.29, 0.717) is 0 Å². The number of halogens is 1. The second kappa shape index (κ2) is 4.10. The first kappa shape index (κ1) is 10.2. The topological polar surface area (TPSA) is 25.8 Å². The highest BCUT2D eigenvalue weighted by molar-refractivity contribution is 14.1. The summed E-state index contributed by atoms with van der Waals surface area (Å²) in [6.07, 6.45) is 0. The zero-order chi connectivity index (χ0) is 11.0. The third-order valence-corrected chi connectivity index (χ3v) is 4.04. The summed E-state index contributed by atoms with van der Waals surface area (Å²) in [4.78, 5) is 0. The van der Waals surface area contributed by atoms with Gasteiger partial charge in [-0.1, -0.05) is 53.8 Å². The molecule has 3 rings (SSSR count). The van der Waals surface area contributed by atoms with E-state index in [4.69, 9.17) is 0 Å². The molecule has 0 spiro atoms. The summed E-state index contributed by atoms with van der Waals surface area (Å²) in [7, 11) is 0. The lowest BCUT2D eigenvalue weighted by atomic mass is 10.1. The van der Waals surface area contributed by atoms with Crippen LogP contribution in [0, 0.1) is 3.01 Å². The monoisotopic (exact) mass is 338 g/mol. The zero-order valence-electron chi connectivity index (χ0n) is 8.22. The molecule has 78 valence electrons. The van der Waals surface area contributed by atoms with Crippen molar-refractivity contribution in [2.24, 2.45) is 0 Å². The predicted molar refractivity (Wildman–Crippen MR) is 75.6 cm³/mol. The van der Waals surface area contributed by atoms with Crippen LogP contribution in [0.15, 0.2) is 42.5 Å².